The lowest BCUT2D eigenvalue weighted by atomic mass is 10.1. The molecule has 0 spiro atoms. The first-order valence-electron chi connectivity index (χ1n) is 7.14. The lowest BCUT2D eigenvalue weighted by molar-refractivity contribution is -0.394. The van der Waals surface area contributed by atoms with E-state index in [0.717, 1.165) is 12.3 Å². The Balaban J connectivity index is 2.05. The van der Waals surface area contributed by atoms with E-state index in [1.807, 2.05) is 0 Å². The Morgan fingerprint density at radius 2 is 2.00 bits per heavy atom. The van der Waals surface area contributed by atoms with Crippen LogP contribution in [0.4, 0.5) is 11.4 Å². The van der Waals surface area contributed by atoms with Crippen LogP contribution in [0.1, 0.15) is 5.56 Å². The fourth-order valence-electron chi connectivity index (χ4n) is 1.88. The molecular formula is C15H11ClN4O7. The average molecular weight is 395 g/mol. The van der Waals surface area contributed by atoms with E-state index in [-0.39, 0.29) is 5.56 Å². The van der Waals surface area contributed by atoms with Crippen LogP contribution in [0.15, 0.2) is 41.5 Å². The molecule has 0 aliphatic carbocycles. The van der Waals surface area contributed by atoms with Gasteiger partial charge in [0, 0.05) is 11.1 Å². The van der Waals surface area contributed by atoms with Crippen LogP contribution >= 0.6 is 11.6 Å². The van der Waals surface area contributed by atoms with Crippen molar-refractivity contribution in [1.82, 2.24) is 5.43 Å². The molecule has 0 unspecified atom stereocenters. The highest BCUT2D eigenvalue weighted by Crippen LogP contribution is 2.33. The zero-order valence-corrected chi connectivity index (χ0v) is 14.1. The quantitative estimate of drug-likeness (QED) is 0.414. The molecule has 2 aromatic carbocycles. The van der Waals surface area contributed by atoms with Gasteiger partial charge in [-0.3, -0.25) is 25.0 Å². The summed E-state index contributed by atoms with van der Waals surface area (Å²) in [6, 6.07) is 7.83. The molecule has 11 nitrogen and oxygen atoms in total. The molecule has 2 N–H and O–H groups in total. The van der Waals surface area contributed by atoms with Crippen LogP contribution in [-0.4, -0.2) is 33.7 Å². The van der Waals surface area contributed by atoms with E-state index in [1.165, 1.54) is 6.07 Å². The van der Waals surface area contributed by atoms with Gasteiger partial charge in [0.15, 0.2) is 6.61 Å². The molecule has 12 heteroatoms. The van der Waals surface area contributed by atoms with Crippen LogP contribution in [0.3, 0.4) is 0 Å². The van der Waals surface area contributed by atoms with Crippen molar-refractivity contribution in [3.8, 4) is 11.5 Å². The van der Waals surface area contributed by atoms with Crippen LogP contribution in [0.5, 0.6) is 11.5 Å². The molecule has 0 saturated carbocycles. The van der Waals surface area contributed by atoms with Gasteiger partial charge in [-0.25, -0.2) is 5.43 Å². The Bertz CT molecular complexity index is 932. The minimum absolute atomic E-state index is 0.313. The van der Waals surface area contributed by atoms with E-state index >= 15 is 0 Å². The number of carbonyl (C=O) groups is 1. The summed E-state index contributed by atoms with van der Waals surface area (Å²) in [5.41, 5.74) is 0.275. The molecular weight excluding hydrogens is 384 g/mol. The molecule has 0 bridgehead atoms. The van der Waals surface area contributed by atoms with E-state index in [4.69, 9.17) is 16.3 Å². The number of phenols is 1. The summed E-state index contributed by atoms with van der Waals surface area (Å²) < 4.78 is 5.18. The van der Waals surface area contributed by atoms with Crippen LogP contribution in [0.2, 0.25) is 5.02 Å². The van der Waals surface area contributed by atoms with E-state index in [1.54, 1.807) is 18.2 Å². The predicted octanol–water partition coefficient (Wildman–Crippen LogP) is 2.39. The number of non-ortho nitro benzene ring substituents is 1. The number of aromatic hydroxyl groups is 1. The van der Waals surface area contributed by atoms with Gasteiger partial charge in [-0.05, 0) is 18.2 Å². The van der Waals surface area contributed by atoms with Gasteiger partial charge in [-0.1, -0.05) is 17.7 Å². The molecule has 0 radical (unpaired) electrons. The Labute approximate surface area is 156 Å². The van der Waals surface area contributed by atoms with Crippen molar-refractivity contribution in [1.29, 1.82) is 0 Å². The second-order valence-electron chi connectivity index (χ2n) is 4.96. The van der Waals surface area contributed by atoms with E-state index in [0.29, 0.717) is 16.8 Å². The number of ether oxygens (including phenoxy) is 1. The molecule has 2 rings (SSSR count). The first kappa shape index (κ1) is 19.6. The van der Waals surface area contributed by atoms with Crippen molar-refractivity contribution in [3.05, 3.63) is 67.2 Å². The number of nitrogens with one attached hydrogen (secondary N) is 1. The lowest BCUT2D eigenvalue weighted by Crippen LogP contribution is -2.24. The Morgan fingerprint density at radius 1 is 1.26 bits per heavy atom. The fourth-order valence-corrected chi connectivity index (χ4v) is 2.06. The highest BCUT2D eigenvalue weighted by atomic mass is 35.5. The number of nitro groups is 2. The standard InChI is InChI=1S/C15H11ClN4O7/c16-10-2-1-3-12(5-10)27-8-14(21)18-17-7-9-4-11(19(23)24)6-13(15(9)22)20(25)26/h1-7,22H,8H2,(H,18,21)/b17-7-. The van der Waals surface area contributed by atoms with Crippen LogP contribution in [0, 0.1) is 20.2 Å². The summed E-state index contributed by atoms with van der Waals surface area (Å²) in [5, 5.41) is 35.4. The molecule has 0 aromatic heterocycles. The first-order chi connectivity index (χ1) is 12.8. The van der Waals surface area contributed by atoms with Crippen LogP contribution in [0.25, 0.3) is 0 Å². The molecule has 140 valence electrons. The SMILES string of the molecule is O=C(COc1cccc(Cl)c1)N/N=C\c1cc([N+](=O)[O-])cc([N+](=O)[O-])c1O. The number of nitro benzene ring substituents is 2. The molecule has 0 atom stereocenters. The Morgan fingerprint density at radius 3 is 2.63 bits per heavy atom. The minimum atomic E-state index is -0.975. The number of hydrogen-bond acceptors (Lipinski definition) is 8. The van der Waals surface area contributed by atoms with Crippen molar-refractivity contribution in [2.75, 3.05) is 6.61 Å². The second kappa shape index (κ2) is 8.58. The fraction of sp³-hybridized carbons (Fsp3) is 0.0667. The monoisotopic (exact) mass is 394 g/mol. The molecule has 0 fully saturated rings. The van der Waals surface area contributed by atoms with Crippen LogP contribution < -0.4 is 10.2 Å². The maximum absolute atomic E-state index is 11.7. The number of phenolic OH excluding ortho intramolecular Hbond substituents is 1. The Kier molecular flexibility index (Phi) is 6.23. The van der Waals surface area contributed by atoms with Gasteiger partial charge < -0.3 is 9.84 Å². The van der Waals surface area contributed by atoms with Crippen LogP contribution in [-0.2, 0) is 4.79 Å². The summed E-state index contributed by atoms with van der Waals surface area (Å²) in [6.07, 6.45) is 0.840. The minimum Gasteiger partial charge on any atom is -0.502 e. The number of halogens is 1. The number of benzene rings is 2. The maximum Gasteiger partial charge on any atom is 0.318 e. The smallest absolute Gasteiger partial charge is 0.318 e. The third-order valence-electron chi connectivity index (χ3n) is 3.07. The van der Waals surface area contributed by atoms with Crippen molar-refractivity contribution < 1.29 is 24.5 Å². The molecule has 0 saturated heterocycles. The van der Waals surface area contributed by atoms with Gasteiger partial charge in [0.1, 0.15) is 5.75 Å². The number of amides is 1. The number of rotatable bonds is 7. The maximum atomic E-state index is 11.7. The van der Waals surface area contributed by atoms with Gasteiger partial charge in [0.25, 0.3) is 11.6 Å². The summed E-state index contributed by atoms with van der Waals surface area (Å²) >= 11 is 5.77. The first-order valence-corrected chi connectivity index (χ1v) is 7.52. The lowest BCUT2D eigenvalue weighted by Gasteiger charge is -2.05. The Hall–Kier alpha value is -3.73. The van der Waals surface area contributed by atoms with Crippen molar-refractivity contribution in [3.63, 3.8) is 0 Å². The molecule has 0 aliphatic heterocycles. The average Bonchev–Trinajstić information content (AvgIpc) is 2.61. The second-order valence-corrected chi connectivity index (χ2v) is 5.39. The molecule has 0 heterocycles. The normalized spacial score (nSPS) is 10.6. The molecule has 1 amide bonds. The van der Waals surface area contributed by atoms with E-state index in [9.17, 15) is 30.1 Å². The predicted molar refractivity (Wildman–Crippen MR) is 94.1 cm³/mol. The van der Waals surface area contributed by atoms with Gasteiger partial charge in [0.05, 0.1) is 27.7 Å². The van der Waals surface area contributed by atoms with Gasteiger partial charge in [0.2, 0.25) is 5.75 Å². The molecule has 2 aromatic rings. The largest absolute Gasteiger partial charge is 0.502 e. The van der Waals surface area contributed by atoms with Gasteiger partial charge in [-0.15, -0.1) is 0 Å². The number of carbonyl (C=O) groups excluding carboxylic acids is 1. The third kappa shape index (κ3) is 5.37. The van der Waals surface area contributed by atoms with E-state index in [2.05, 4.69) is 10.5 Å². The third-order valence-corrected chi connectivity index (χ3v) is 3.31. The topological polar surface area (TPSA) is 157 Å². The number of hydrogen-bond donors (Lipinski definition) is 2. The summed E-state index contributed by atoms with van der Waals surface area (Å²) in [5.74, 6) is -1.14. The zero-order chi connectivity index (χ0) is 20.0. The highest BCUT2D eigenvalue weighted by Gasteiger charge is 2.23. The number of nitrogens with zero attached hydrogens (tertiary/aromatic N) is 3. The van der Waals surface area contributed by atoms with E-state index < -0.39 is 39.5 Å². The van der Waals surface area contributed by atoms with Crippen molar-refractivity contribution >= 4 is 35.1 Å². The zero-order valence-electron chi connectivity index (χ0n) is 13.4. The van der Waals surface area contributed by atoms with Gasteiger partial charge in [-0.2, -0.15) is 5.10 Å². The highest BCUT2D eigenvalue weighted by molar-refractivity contribution is 6.30. The van der Waals surface area contributed by atoms with Gasteiger partial charge >= 0.3 is 5.69 Å². The molecule has 0 aliphatic rings. The van der Waals surface area contributed by atoms with Crippen molar-refractivity contribution in [2.45, 2.75) is 0 Å². The summed E-state index contributed by atoms with van der Waals surface area (Å²) in [6.45, 7) is -0.404. The van der Waals surface area contributed by atoms with Crippen molar-refractivity contribution in [2.24, 2.45) is 5.10 Å². The summed E-state index contributed by atoms with van der Waals surface area (Å²) in [4.78, 5) is 31.5. The number of hydrazone groups is 1. The summed E-state index contributed by atoms with van der Waals surface area (Å²) in [7, 11) is 0. The molecule has 27 heavy (non-hydrogen) atoms.